The van der Waals surface area contributed by atoms with Crippen molar-refractivity contribution < 1.29 is 0 Å². The fraction of sp³-hybridized carbons (Fsp3) is 0.143. The SMILES string of the molecule is Cc1nnnn1-c1cccc(NCc2cccnc2)c1. The summed E-state index contributed by atoms with van der Waals surface area (Å²) in [7, 11) is 0. The molecule has 0 saturated heterocycles. The molecule has 2 aromatic heterocycles. The summed E-state index contributed by atoms with van der Waals surface area (Å²) in [6, 6.07) is 11.9. The summed E-state index contributed by atoms with van der Waals surface area (Å²) in [5.41, 5.74) is 3.08. The van der Waals surface area contributed by atoms with E-state index < -0.39 is 0 Å². The molecule has 0 unspecified atom stereocenters. The zero-order valence-electron chi connectivity index (χ0n) is 11.1. The van der Waals surface area contributed by atoms with Crippen LogP contribution in [0, 0.1) is 6.92 Å². The van der Waals surface area contributed by atoms with E-state index in [1.807, 2.05) is 49.5 Å². The highest BCUT2D eigenvalue weighted by Gasteiger charge is 2.04. The number of hydrogen-bond acceptors (Lipinski definition) is 5. The quantitative estimate of drug-likeness (QED) is 0.782. The van der Waals surface area contributed by atoms with E-state index in [0.29, 0.717) is 0 Å². The molecule has 0 fully saturated rings. The summed E-state index contributed by atoms with van der Waals surface area (Å²) in [5.74, 6) is 0.759. The first-order valence-electron chi connectivity index (χ1n) is 6.31. The molecule has 1 N–H and O–H groups in total. The Labute approximate surface area is 116 Å². The molecule has 0 atom stereocenters. The van der Waals surface area contributed by atoms with Crippen LogP contribution in [0.3, 0.4) is 0 Å². The lowest BCUT2D eigenvalue weighted by Crippen LogP contribution is -2.03. The Bertz CT molecular complexity index is 692. The Hall–Kier alpha value is -2.76. The second-order valence-electron chi connectivity index (χ2n) is 4.40. The summed E-state index contributed by atoms with van der Waals surface area (Å²) in [6.45, 7) is 2.60. The number of rotatable bonds is 4. The zero-order valence-corrected chi connectivity index (χ0v) is 11.1. The van der Waals surface area contributed by atoms with Gasteiger partial charge in [0.1, 0.15) is 0 Å². The van der Waals surface area contributed by atoms with Gasteiger partial charge in [-0.1, -0.05) is 12.1 Å². The van der Waals surface area contributed by atoms with Gasteiger partial charge in [-0.2, -0.15) is 4.68 Å². The standard InChI is InChI=1S/C14H14N6/c1-11-17-18-19-20(11)14-6-2-5-13(8-14)16-10-12-4-3-7-15-9-12/h2-9,16H,10H2,1H3. The maximum atomic E-state index is 4.10. The zero-order chi connectivity index (χ0) is 13.8. The minimum Gasteiger partial charge on any atom is -0.381 e. The predicted molar refractivity (Wildman–Crippen MR) is 75.5 cm³/mol. The lowest BCUT2D eigenvalue weighted by Gasteiger charge is -2.08. The molecule has 3 aromatic rings. The molecule has 100 valence electrons. The summed E-state index contributed by atoms with van der Waals surface area (Å²) in [6.07, 6.45) is 3.62. The molecule has 1 aromatic carbocycles. The van der Waals surface area contributed by atoms with Crippen molar-refractivity contribution in [1.29, 1.82) is 0 Å². The van der Waals surface area contributed by atoms with Crippen molar-refractivity contribution in [1.82, 2.24) is 25.2 Å². The van der Waals surface area contributed by atoms with Crippen LogP contribution in [0.5, 0.6) is 0 Å². The number of benzene rings is 1. The lowest BCUT2D eigenvalue weighted by atomic mass is 10.2. The van der Waals surface area contributed by atoms with Gasteiger partial charge >= 0.3 is 0 Å². The molecule has 0 radical (unpaired) electrons. The monoisotopic (exact) mass is 266 g/mol. The molecule has 0 aliphatic rings. The van der Waals surface area contributed by atoms with E-state index in [4.69, 9.17) is 0 Å². The molecule has 0 spiro atoms. The largest absolute Gasteiger partial charge is 0.381 e. The predicted octanol–water partition coefficient (Wildman–Crippen LogP) is 1.98. The molecule has 6 heteroatoms. The highest BCUT2D eigenvalue weighted by molar-refractivity contribution is 5.51. The highest BCUT2D eigenvalue weighted by Crippen LogP contribution is 2.15. The molecule has 0 aliphatic carbocycles. The molecular weight excluding hydrogens is 252 g/mol. The van der Waals surface area contributed by atoms with E-state index in [2.05, 4.69) is 25.8 Å². The first kappa shape index (κ1) is 12.3. The third-order valence-electron chi connectivity index (χ3n) is 2.94. The van der Waals surface area contributed by atoms with Crippen LogP contribution in [0.2, 0.25) is 0 Å². The van der Waals surface area contributed by atoms with Crippen LogP contribution in [0.4, 0.5) is 5.69 Å². The summed E-state index contributed by atoms with van der Waals surface area (Å²) < 4.78 is 1.70. The van der Waals surface area contributed by atoms with E-state index in [1.54, 1.807) is 10.9 Å². The number of tetrazole rings is 1. The van der Waals surface area contributed by atoms with Gasteiger partial charge in [0.2, 0.25) is 0 Å². The molecule has 0 aliphatic heterocycles. The molecule has 20 heavy (non-hydrogen) atoms. The minimum absolute atomic E-state index is 0.728. The Morgan fingerprint density at radius 3 is 2.90 bits per heavy atom. The third-order valence-corrected chi connectivity index (χ3v) is 2.94. The second-order valence-corrected chi connectivity index (χ2v) is 4.40. The van der Waals surface area contributed by atoms with Gasteiger partial charge in [-0.25, -0.2) is 0 Å². The van der Waals surface area contributed by atoms with Gasteiger partial charge < -0.3 is 5.32 Å². The van der Waals surface area contributed by atoms with E-state index in [1.165, 1.54) is 0 Å². The van der Waals surface area contributed by atoms with Gasteiger partial charge in [0, 0.05) is 24.6 Å². The van der Waals surface area contributed by atoms with Crippen LogP contribution in [0.25, 0.3) is 5.69 Å². The summed E-state index contributed by atoms with van der Waals surface area (Å²) >= 11 is 0. The number of nitrogens with one attached hydrogen (secondary N) is 1. The van der Waals surface area contributed by atoms with Crippen LogP contribution in [0.15, 0.2) is 48.8 Å². The Morgan fingerprint density at radius 2 is 2.15 bits per heavy atom. The Kier molecular flexibility index (Phi) is 3.36. The van der Waals surface area contributed by atoms with Gasteiger partial charge in [0.25, 0.3) is 0 Å². The van der Waals surface area contributed by atoms with Crippen molar-refractivity contribution in [3.05, 3.63) is 60.2 Å². The van der Waals surface area contributed by atoms with Crippen LogP contribution >= 0.6 is 0 Å². The number of aromatic nitrogens is 5. The third kappa shape index (κ3) is 2.64. The minimum atomic E-state index is 0.728. The maximum Gasteiger partial charge on any atom is 0.153 e. The average molecular weight is 266 g/mol. The fourth-order valence-corrected chi connectivity index (χ4v) is 1.92. The van der Waals surface area contributed by atoms with Crippen LogP contribution < -0.4 is 5.32 Å². The maximum absolute atomic E-state index is 4.10. The molecule has 3 rings (SSSR count). The molecule has 0 saturated carbocycles. The average Bonchev–Trinajstić information content (AvgIpc) is 2.93. The number of hydrogen-bond donors (Lipinski definition) is 1. The molecule has 2 heterocycles. The first-order chi connectivity index (χ1) is 9.83. The topological polar surface area (TPSA) is 68.5 Å². The fourth-order valence-electron chi connectivity index (χ4n) is 1.92. The number of aryl methyl sites for hydroxylation is 1. The van der Waals surface area contributed by atoms with E-state index in [0.717, 1.165) is 29.3 Å². The van der Waals surface area contributed by atoms with Gasteiger partial charge in [0.15, 0.2) is 5.82 Å². The normalized spacial score (nSPS) is 10.4. The van der Waals surface area contributed by atoms with E-state index in [-0.39, 0.29) is 0 Å². The van der Waals surface area contributed by atoms with Crippen LogP contribution in [0.1, 0.15) is 11.4 Å². The van der Waals surface area contributed by atoms with Gasteiger partial charge in [-0.05, 0) is 47.2 Å². The summed E-state index contributed by atoms with van der Waals surface area (Å²) in [5, 5.41) is 14.9. The van der Waals surface area contributed by atoms with Crippen molar-refractivity contribution in [3.8, 4) is 5.69 Å². The van der Waals surface area contributed by atoms with Crippen molar-refractivity contribution in [3.63, 3.8) is 0 Å². The van der Waals surface area contributed by atoms with Crippen molar-refractivity contribution in [2.24, 2.45) is 0 Å². The summed E-state index contributed by atoms with van der Waals surface area (Å²) in [4.78, 5) is 4.10. The van der Waals surface area contributed by atoms with Crippen molar-refractivity contribution in [2.75, 3.05) is 5.32 Å². The van der Waals surface area contributed by atoms with Crippen molar-refractivity contribution >= 4 is 5.69 Å². The van der Waals surface area contributed by atoms with E-state index in [9.17, 15) is 0 Å². The highest BCUT2D eigenvalue weighted by atomic mass is 15.5. The second kappa shape index (κ2) is 5.48. The van der Waals surface area contributed by atoms with Gasteiger partial charge in [0.05, 0.1) is 5.69 Å². The number of anilines is 1. The first-order valence-corrected chi connectivity index (χ1v) is 6.31. The number of pyridine rings is 1. The van der Waals surface area contributed by atoms with Crippen molar-refractivity contribution in [2.45, 2.75) is 13.5 Å². The Balaban J connectivity index is 1.77. The smallest absolute Gasteiger partial charge is 0.153 e. The van der Waals surface area contributed by atoms with Crippen LogP contribution in [-0.4, -0.2) is 25.2 Å². The lowest BCUT2D eigenvalue weighted by molar-refractivity contribution is 0.779. The molecule has 0 amide bonds. The molecule has 0 bridgehead atoms. The van der Waals surface area contributed by atoms with E-state index >= 15 is 0 Å². The van der Waals surface area contributed by atoms with Gasteiger partial charge in [-0.15, -0.1) is 5.10 Å². The molecular formula is C14H14N6. The molecule has 6 nitrogen and oxygen atoms in total. The van der Waals surface area contributed by atoms with Gasteiger partial charge in [-0.3, -0.25) is 4.98 Å². The Morgan fingerprint density at radius 1 is 1.20 bits per heavy atom. The van der Waals surface area contributed by atoms with Crippen LogP contribution in [-0.2, 0) is 6.54 Å². The number of nitrogens with zero attached hydrogens (tertiary/aromatic N) is 5.